The quantitative estimate of drug-likeness (QED) is 0.542. The van der Waals surface area contributed by atoms with Gasteiger partial charge in [-0.3, -0.25) is 4.79 Å². The van der Waals surface area contributed by atoms with Crippen molar-refractivity contribution in [3.05, 3.63) is 81.0 Å². The van der Waals surface area contributed by atoms with Crippen molar-refractivity contribution < 1.29 is 17.9 Å². The molecule has 0 saturated heterocycles. The number of amides is 1. The molecule has 0 bridgehead atoms. The maximum atomic E-state index is 13.2. The summed E-state index contributed by atoms with van der Waals surface area (Å²) in [5.41, 5.74) is 0.468. The van der Waals surface area contributed by atoms with E-state index in [2.05, 4.69) is 21.2 Å². The van der Waals surface area contributed by atoms with Crippen LogP contribution in [0.3, 0.4) is 0 Å². The smallest absolute Gasteiger partial charge is 0.251 e. The molecule has 8 heteroatoms. The first-order chi connectivity index (χ1) is 13.4. The summed E-state index contributed by atoms with van der Waals surface area (Å²) in [5.74, 6) is 0.258. The minimum atomic E-state index is -3.70. The lowest BCUT2D eigenvalue weighted by Gasteiger charge is -2.18. The Bertz CT molecular complexity index is 1030. The zero-order chi connectivity index (χ0) is 20.1. The molecule has 0 fully saturated rings. The van der Waals surface area contributed by atoms with E-state index in [0.717, 1.165) is 4.47 Å². The molecule has 146 valence electrons. The monoisotopic (exact) mass is 479 g/mol. The van der Waals surface area contributed by atoms with Crippen LogP contribution in [0.4, 0.5) is 0 Å². The zero-order valence-corrected chi connectivity index (χ0v) is 18.2. The van der Waals surface area contributed by atoms with Crippen molar-refractivity contribution in [2.75, 3.05) is 13.7 Å². The fourth-order valence-electron chi connectivity index (χ4n) is 2.66. The highest BCUT2D eigenvalue weighted by atomic mass is 79.9. The third-order valence-electron chi connectivity index (χ3n) is 4.18. The zero-order valence-electron chi connectivity index (χ0n) is 15.0. The predicted molar refractivity (Wildman–Crippen MR) is 114 cm³/mol. The molecule has 28 heavy (non-hydrogen) atoms. The molecule has 1 amide bonds. The first kappa shape index (κ1) is 20.6. The summed E-state index contributed by atoms with van der Waals surface area (Å²) >= 11 is 4.67. The van der Waals surface area contributed by atoms with E-state index >= 15 is 0 Å². The van der Waals surface area contributed by atoms with Gasteiger partial charge in [-0.15, -0.1) is 11.3 Å². The molecule has 3 rings (SSSR count). The van der Waals surface area contributed by atoms with Crippen molar-refractivity contribution in [3.8, 4) is 5.75 Å². The van der Waals surface area contributed by atoms with Crippen molar-refractivity contribution in [1.82, 2.24) is 5.32 Å². The van der Waals surface area contributed by atoms with Gasteiger partial charge in [0.05, 0.1) is 12.0 Å². The van der Waals surface area contributed by atoms with Gasteiger partial charge >= 0.3 is 0 Å². The number of hydrogen-bond acceptors (Lipinski definition) is 5. The van der Waals surface area contributed by atoms with Gasteiger partial charge in [-0.2, -0.15) is 0 Å². The van der Waals surface area contributed by atoms with Crippen molar-refractivity contribution in [1.29, 1.82) is 0 Å². The van der Waals surface area contributed by atoms with Gasteiger partial charge in [0.25, 0.3) is 5.91 Å². The number of thiophene rings is 1. The molecule has 0 aliphatic heterocycles. The molecule has 0 aliphatic carbocycles. The van der Waals surface area contributed by atoms with Crippen LogP contribution in [0, 0.1) is 0 Å². The largest absolute Gasteiger partial charge is 0.497 e. The van der Waals surface area contributed by atoms with Crippen molar-refractivity contribution in [3.63, 3.8) is 0 Å². The van der Waals surface area contributed by atoms with E-state index in [9.17, 15) is 13.2 Å². The number of rotatable bonds is 7. The Kier molecular flexibility index (Phi) is 6.53. The van der Waals surface area contributed by atoms with Crippen LogP contribution in [0.2, 0.25) is 0 Å². The highest BCUT2D eigenvalue weighted by Gasteiger charge is 2.30. The van der Waals surface area contributed by atoms with E-state index in [-0.39, 0.29) is 17.3 Å². The summed E-state index contributed by atoms with van der Waals surface area (Å²) in [6.45, 7) is -0.0240. The van der Waals surface area contributed by atoms with E-state index < -0.39 is 15.1 Å². The lowest BCUT2D eigenvalue weighted by Crippen LogP contribution is -2.31. The van der Waals surface area contributed by atoms with Crippen molar-refractivity contribution in [2.45, 2.75) is 10.1 Å². The molecule has 3 aromatic rings. The van der Waals surface area contributed by atoms with Gasteiger partial charge in [0.1, 0.15) is 11.0 Å². The fourth-order valence-corrected chi connectivity index (χ4v) is 5.70. The second kappa shape index (κ2) is 8.89. The Morgan fingerprint density at radius 3 is 2.36 bits per heavy atom. The van der Waals surface area contributed by atoms with Crippen molar-refractivity contribution >= 4 is 43.0 Å². The molecule has 0 radical (unpaired) electrons. The van der Waals surface area contributed by atoms with Gasteiger partial charge in [0.15, 0.2) is 9.84 Å². The van der Waals surface area contributed by atoms with Gasteiger partial charge in [-0.25, -0.2) is 8.42 Å². The number of carbonyl (C=O) groups is 1. The molecule has 5 nitrogen and oxygen atoms in total. The second-order valence-electron chi connectivity index (χ2n) is 5.94. The summed E-state index contributed by atoms with van der Waals surface area (Å²) in [4.78, 5) is 13.3. The van der Waals surface area contributed by atoms with Crippen LogP contribution >= 0.6 is 27.3 Å². The highest BCUT2D eigenvalue weighted by molar-refractivity contribution is 9.10. The van der Waals surface area contributed by atoms with Crippen LogP contribution < -0.4 is 10.1 Å². The summed E-state index contributed by atoms with van der Waals surface area (Å²) in [7, 11) is -2.18. The molecular formula is C20H18BrNO4S2. The van der Waals surface area contributed by atoms with Crippen LogP contribution in [0.5, 0.6) is 5.75 Å². The van der Waals surface area contributed by atoms with Crippen molar-refractivity contribution in [2.24, 2.45) is 0 Å². The van der Waals surface area contributed by atoms with Gasteiger partial charge in [0.2, 0.25) is 0 Å². The number of benzene rings is 2. The summed E-state index contributed by atoms with van der Waals surface area (Å²) in [6.07, 6.45) is 0. The van der Waals surface area contributed by atoms with Crippen LogP contribution in [0.25, 0.3) is 0 Å². The number of ether oxygens (including phenoxy) is 1. The van der Waals surface area contributed by atoms with Gasteiger partial charge < -0.3 is 10.1 Å². The number of methoxy groups -OCH3 is 1. The number of sulfone groups is 1. The highest BCUT2D eigenvalue weighted by Crippen LogP contribution is 2.32. The van der Waals surface area contributed by atoms with Crippen LogP contribution in [-0.4, -0.2) is 28.0 Å². The first-order valence-corrected chi connectivity index (χ1v) is 11.6. The lowest BCUT2D eigenvalue weighted by atomic mass is 10.2. The Labute approximate surface area is 176 Å². The Morgan fingerprint density at radius 1 is 1.11 bits per heavy atom. The van der Waals surface area contributed by atoms with E-state index in [1.807, 2.05) is 5.38 Å². The Hall–Kier alpha value is -2.16. The molecule has 0 spiro atoms. The van der Waals surface area contributed by atoms with Crippen LogP contribution in [0.15, 0.2) is 75.4 Å². The van der Waals surface area contributed by atoms with E-state index in [0.29, 0.717) is 16.2 Å². The van der Waals surface area contributed by atoms with Crippen LogP contribution in [0.1, 0.15) is 20.5 Å². The molecular weight excluding hydrogens is 462 g/mol. The molecule has 1 atom stereocenters. The maximum Gasteiger partial charge on any atom is 0.251 e. The normalized spacial score (nSPS) is 12.4. The summed E-state index contributed by atoms with van der Waals surface area (Å²) in [5, 5.41) is 3.70. The molecule has 1 heterocycles. The van der Waals surface area contributed by atoms with Gasteiger partial charge in [0, 0.05) is 21.5 Å². The molecule has 1 N–H and O–H groups in total. The summed E-state index contributed by atoms with van der Waals surface area (Å²) in [6, 6.07) is 16.7. The topological polar surface area (TPSA) is 72.5 Å². The average Bonchev–Trinajstić information content (AvgIpc) is 3.22. The lowest BCUT2D eigenvalue weighted by molar-refractivity contribution is 0.0953. The standard InChI is InChI=1S/C20H18BrNO4S2/c1-26-16-8-10-17(11-9-16)28(24,25)19(18-3-2-12-27-18)13-22-20(23)14-4-6-15(21)7-5-14/h2-12,19H,13H2,1H3,(H,22,23). The van der Waals surface area contributed by atoms with E-state index in [4.69, 9.17) is 4.74 Å². The Balaban J connectivity index is 1.85. The van der Waals surface area contributed by atoms with E-state index in [1.165, 1.54) is 30.6 Å². The number of halogens is 1. The van der Waals surface area contributed by atoms with Gasteiger partial charge in [-0.1, -0.05) is 22.0 Å². The third-order valence-corrected chi connectivity index (χ3v) is 7.94. The SMILES string of the molecule is COc1ccc(S(=O)(=O)C(CNC(=O)c2ccc(Br)cc2)c2cccs2)cc1. The third kappa shape index (κ3) is 4.63. The molecule has 0 saturated carbocycles. The molecule has 1 aromatic heterocycles. The number of carbonyl (C=O) groups excluding carboxylic acids is 1. The number of hydrogen-bond donors (Lipinski definition) is 1. The predicted octanol–water partition coefficient (Wildman–Crippen LogP) is 4.46. The minimum absolute atomic E-state index is 0.0240. The fraction of sp³-hybridized carbons (Fsp3) is 0.150. The number of nitrogens with one attached hydrogen (secondary N) is 1. The minimum Gasteiger partial charge on any atom is -0.497 e. The average molecular weight is 480 g/mol. The molecule has 1 unspecified atom stereocenters. The maximum absolute atomic E-state index is 13.2. The molecule has 2 aromatic carbocycles. The first-order valence-electron chi connectivity index (χ1n) is 8.37. The van der Waals surface area contributed by atoms with Crippen LogP contribution in [-0.2, 0) is 9.84 Å². The molecule has 0 aliphatic rings. The van der Waals surface area contributed by atoms with Gasteiger partial charge in [-0.05, 0) is 60.0 Å². The van der Waals surface area contributed by atoms with E-state index in [1.54, 1.807) is 48.5 Å². The Morgan fingerprint density at radius 2 is 1.79 bits per heavy atom. The summed E-state index contributed by atoms with van der Waals surface area (Å²) < 4.78 is 32.4. The second-order valence-corrected chi connectivity index (χ2v) is 9.97.